The molecule has 1 heterocycles. The highest BCUT2D eigenvalue weighted by molar-refractivity contribution is 6.35. The second-order valence-corrected chi connectivity index (χ2v) is 7.99. The Morgan fingerprint density at radius 2 is 1.69 bits per heavy atom. The van der Waals surface area contributed by atoms with Crippen LogP contribution >= 0.6 is 11.6 Å². The summed E-state index contributed by atoms with van der Waals surface area (Å²) in [6.07, 6.45) is -1.09. The fourth-order valence-electron chi connectivity index (χ4n) is 4.03. The van der Waals surface area contributed by atoms with Crippen molar-refractivity contribution in [1.82, 2.24) is 9.78 Å². The topological polar surface area (TPSA) is 72.2 Å². The van der Waals surface area contributed by atoms with Crippen molar-refractivity contribution in [3.05, 3.63) is 81.1 Å². The number of nitrogens with zero attached hydrogens (tertiary/aromatic N) is 2. The first-order chi connectivity index (χ1) is 15.2. The Hall–Kier alpha value is -3.13. The van der Waals surface area contributed by atoms with E-state index in [4.69, 9.17) is 16.7 Å². The molecule has 2 aromatic carbocycles. The van der Waals surface area contributed by atoms with E-state index in [0.29, 0.717) is 24.1 Å². The van der Waals surface area contributed by atoms with Gasteiger partial charge in [-0.2, -0.15) is 18.3 Å². The van der Waals surface area contributed by atoms with Crippen LogP contribution in [-0.4, -0.2) is 26.6 Å². The average molecular weight is 463 g/mol. The second-order valence-electron chi connectivity index (χ2n) is 7.59. The van der Waals surface area contributed by atoms with Crippen LogP contribution in [0.3, 0.4) is 0 Å². The van der Waals surface area contributed by atoms with Gasteiger partial charge in [0.2, 0.25) is 5.78 Å². The Labute approximate surface area is 186 Å². The molecule has 32 heavy (non-hydrogen) atoms. The van der Waals surface area contributed by atoms with E-state index >= 15 is 0 Å². The first-order valence-corrected chi connectivity index (χ1v) is 10.4. The maximum Gasteiger partial charge on any atom is 0.417 e. The molecule has 1 aromatic heterocycles. The van der Waals surface area contributed by atoms with E-state index in [1.54, 1.807) is 12.1 Å². The van der Waals surface area contributed by atoms with Gasteiger partial charge < -0.3 is 5.11 Å². The zero-order chi connectivity index (χ0) is 23.0. The number of carbonyl (C=O) groups is 2. The third-order valence-electron chi connectivity index (χ3n) is 5.55. The molecule has 0 amide bonds. The van der Waals surface area contributed by atoms with Gasteiger partial charge >= 0.3 is 12.1 Å². The van der Waals surface area contributed by atoms with Crippen molar-refractivity contribution in [2.45, 2.75) is 38.3 Å². The largest absolute Gasteiger partial charge is 0.478 e. The first kappa shape index (κ1) is 22.1. The Morgan fingerprint density at radius 3 is 2.34 bits per heavy atom. The van der Waals surface area contributed by atoms with Crippen molar-refractivity contribution in [3.8, 4) is 5.69 Å². The number of hydrogen-bond donors (Lipinski definition) is 1. The molecule has 5 nitrogen and oxygen atoms in total. The van der Waals surface area contributed by atoms with Gasteiger partial charge in [0.05, 0.1) is 27.4 Å². The van der Waals surface area contributed by atoms with Crippen LogP contribution in [-0.2, 0) is 19.0 Å². The van der Waals surface area contributed by atoms with E-state index in [-0.39, 0.29) is 16.3 Å². The maximum atomic E-state index is 13.6. The minimum absolute atomic E-state index is 0.0530. The van der Waals surface area contributed by atoms with E-state index in [2.05, 4.69) is 5.10 Å². The summed E-state index contributed by atoms with van der Waals surface area (Å²) in [6.45, 7) is 0. The highest BCUT2D eigenvalue weighted by atomic mass is 35.5. The van der Waals surface area contributed by atoms with E-state index in [1.807, 2.05) is 0 Å². The lowest BCUT2D eigenvalue weighted by Gasteiger charge is -2.13. The smallest absolute Gasteiger partial charge is 0.417 e. The van der Waals surface area contributed by atoms with Crippen molar-refractivity contribution in [2.75, 3.05) is 0 Å². The minimum Gasteiger partial charge on any atom is -0.478 e. The fraction of sp³-hybridized carbons (Fsp3) is 0.261. The number of benzene rings is 2. The lowest BCUT2D eigenvalue weighted by Crippen LogP contribution is -2.16. The summed E-state index contributed by atoms with van der Waals surface area (Å²) < 4.78 is 42.3. The number of carboxylic acid groups (broad SMARTS) is 1. The number of carboxylic acids is 1. The molecule has 3 aromatic rings. The van der Waals surface area contributed by atoms with Crippen LogP contribution in [0.15, 0.2) is 42.5 Å². The number of hydrogen-bond acceptors (Lipinski definition) is 3. The van der Waals surface area contributed by atoms with Crippen LogP contribution in [0.4, 0.5) is 13.2 Å². The highest BCUT2D eigenvalue weighted by Gasteiger charge is 2.38. The first-order valence-electron chi connectivity index (χ1n) is 10.0. The number of alkyl halides is 3. The molecule has 4 rings (SSSR count). The summed E-state index contributed by atoms with van der Waals surface area (Å²) >= 11 is 6.06. The van der Waals surface area contributed by atoms with Gasteiger partial charge in [-0.1, -0.05) is 24.1 Å². The number of fused-ring (bicyclic) bond motifs is 1. The molecule has 1 aliphatic carbocycles. The predicted molar refractivity (Wildman–Crippen MR) is 112 cm³/mol. The Morgan fingerprint density at radius 1 is 1.00 bits per heavy atom. The third-order valence-corrected chi connectivity index (χ3v) is 5.87. The van der Waals surface area contributed by atoms with E-state index in [9.17, 15) is 22.8 Å². The molecule has 0 saturated heterocycles. The molecule has 0 aliphatic heterocycles. The van der Waals surface area contributed by atoms with Gasteiger partial charge in [-0.05, 0) is 62.1 Å². The molecule has 0 unspecified atom stereocenters. The number of ketones is 1. The van der Waals surface area contributed by atoms with Gasteiger partial charge in [0.1, 0.15) is 5.69 Å². The van der Waals surface area contributed by atoms with Crippen molar-refractivity contribution in [3.63, 3.8) is 0 Å². The van der Waals surface area contributed by atoms with Crippen LogP contribution in [0.2, 0.25) is 5.02 Å². The molecule has 0 bridgehead atoms. The summed E-state index contributed by atoms with van der Waals surface area (Å²) in [4.78, 5) is 24.5. The molecule has 0 atom stereocenters. The zero-order valence-corrected chi connectivity index (χ0v) is 17.5. The average Bonchev–Trinajstić information content (AvgIpc) is 2.93. The van der Waals surface area contributed by atoms with Gasteiger partial charge in [0.15, 0.2) is 0 Å². The number of rotatable bonds is 4. The molecular formula is C23H18ClF3N2O3. The van der Waals surface area contributed by atoms with Crippen LogP contribution in [0.1, 0.15) is 62.5 Å². The molecule has 0 saturated carbocycles. The van der Waals surface area contributed by atoms with Gasteiger partial charge in [0.25, 0.3) is 0 Å². The van der Waals surface area contributed by atoms with E-state index in [1.165, 1.54) is 22.9 Å². The Bertz CT molecular complexity index is 1200. The van der Waals surface area contributed by atoms with Gasteiger partial charge in [-0.3, -0.25) is 4.79 Å². The molecule has 0 fully saturated rings. The monoisotopic (exact) mass is 462 g/mol. The van der Waals surface area contributed by atoms with Crippen molar-refractivity contribution >= 4 is 23.4 Å². The third kappa shape index (κ3) is 4.02. The van der Waals surface area contributed by atoms with Crippen molar-refractivity contribution < 1.29 is 27.9 Å². The summed E-state index contributed by atoms with van der Waals surface area (Å²) in [6, 6.07) is 9.20. The molecule has 9 heteroatoms. The molecule has 166 valence electrons. The summed E-state index contributed by atoms with van der Waals surface area (Å²) in [7, 11) is 0. The number of aromatic carboxylic acids is 1. The summed E-state index contributed by atoms with van der Waals surface area (Å²) in [5.74, 6) is -1.95. The molecule has 1 N–H and O–H groups in total. The molecule has 0 radical (unpaired) electrons. The van der Waals surface area contributed by atoms with E-state index < -0.39 is 29.1 Å². The minimum atomic E-state index is -4.75. The standard InChI is InChI=1S/C23H18ClF3N2O3/c24-17-7-4-6-16(23(25,26)27)19(17)21(30)20-15-5-2-1-3-8-18(15)29(28-20)14-11-9-13(10-12-14)22(31)32/h4,6-7,9-12H,1-3,5,8H2,(H,31,32). The Kier molecular flexibility index (Phi) is 5.81. The Balaban J connectivity index is 1.88. The number of aromatic nitrogens is 2. The van der Waals surface area contributed by atoms with Crippen molar-refractivity contribution in [1.29, 1.82) is 0 Å². The van der Waals surface area contributed by atoms with Gasteiger partial charge in [-0.25, -0.2) is 9.48 Å². The van der Waals surface area contributed by atoms with Crippen molar-refractivity contribution in [2.24, 2.45) is 0 Å². The van der Waals surface area contributed by atoms with Gasteiger partial charge in [0, 0.05) is 11.3 Å². The normalized spacial score (nSPS) is 14.0. The van der Waals surface area contributed by atoms with E-state index in [0.717, 1.165) is 37.1 Å². The zero-order valence-electron chi connectivity index (χ0n) is 16.7. The van der Waals surface area contributed by atoms with Crippen LogP contribution in [0.5, 0.6) is 0 Å². The molecule has 0 spiro atoms. The maximum absolute atomic E-state index is 13.6. The lowest BCUT2D eigenvalue weighted by atomic mass is 9.97. The fourth-order valence-corrected chi connectivity index (χ4v) is 4.29. The molecule has 1 aliphatic rings. The quantitative estimate of drug-likeness (QED) is 0.396. The predicted octanol–water partition coefficient (Wildman–Crippen LogP) is 5.74. The highest BCUT2D eigenvalue weighted by Crippen LogP contribution is 2.37. The second kappa shape index (κ2) is 8.43. The van der Waals surface area contributed by atoms with Crippen LogP contribution < -0.4 is 0 Å². The number of halogens is 4. The van der Waals surface area contributed by atoms with Gasteiger partial charge in [-0.15, -0.1) is 0 Å². The lowest BCUT2D eigenvalue weighted by molar-refractivity contribution is -0.137. The SMILES string of the molecule is O=C(O)c1ccc(-n2nc(C(=O)c3c(Cl)cccc3C(F)(F)F)c3c2CCCCC3)cc1. The summed E-state index contributed by atoms with van der Waals surface area (Å²) in [5.41, 5.74) is 0.217. The number of carbonyl (C=O) groups excluding carboxylic acids is 1. The van der Waals surface area contributed by atoms with Crippen LogP contribution in [0, 0.1) is 0 Å². The summed E-state index contributed by atoms with van der Waals surface area (Å²) in [5, 5.41) is 13.3. The van der Waals surface area contributed by atoms with Crippen LogP contribution in [0.25, 0.3) is 5.69 Å². The molecular weight excluding hydrogens is 445 g/mol.